The first kappa shape index (κ1) is 8.89. The van der Waals surface area contributed by atoms with Crippen molar-refractivity contribution >= 4 is 0 Å². The maximum absolute atomic E-state index is 9.09. The number of hydrogen-bond acceptors (Lipinski definition) is 5. The first-order chi connectivity index (χ1) is 5.04. The average Bonchev–Trinajstić information content (AvgIpc) is 1.97. The number of hydrogen-bond donors (Lipinski definition) is 4. The van der Waals surface area contributed by atoms with Gasteiger partial charge in [0.15, 0.2) is 6.29 Å². The monoisotopic (exact) mass is 164 g/mol. The molecular weight excluding hydrogens is 152 g/mol. The summed E-state index contributed by atoms with van der Waals surface area (Å²) in [4.78, 5) is 0. The Hall–Kier alpha value is -0.200. The average molecular weight is 164 g/mol. The molecule has 0 aromatic rings. The summed E-state index contributed by atoms with van der Waals surface area (Å²) in [6.45, 7) is 1.50. The molecule has 0 spiro atoms. The molecule has 0 radical (unpaired) electrons. The van der Waals surface area contributed by atoms with E-state index in [2.05, 4.69) is 4.74 Å². The lowest BCUT2D eigenvalue weighted by Gasteiger charge is -2.36. The van der Waals surface area contributed by atoms with Crippen LogP contribution in [-0.4, -0.2) is 51.1 Å². The first-order valence-electron chi connectivity index (χ1n) is 3.41. The molecule has 5 heteroatoms. The van der Waals surface area contributed by atoms with Gasteiger partial charge in [-0.15, -0.1) is 0 Å². The summed E-state index contributed by atoms with van der Waals surface area (Å²) < 4.78 is 4.68. The van der Waals surface area contributed by atoms with Crippen LogP contribution in [0.2, 0.25) is 0 Å². The first-order valence-corrected chi connectivity index (χ1v) is 3.41. The molecule has 0 aromatic carbocycles. The molecule has 11 heavy (non-hydrogen) atoms. The fourth-order valence-electron chi connectivity index (χ4n) is 1.03. The minimum absolute atomic E-state index is 0.664. The van der Waals surface area contributed by atoms with Gasteiger partial charge in [-0.25, -0.2) is 0 Å². The third kappa shape index (κ3) is 1.52. The molecule has 1 rings (SSSR count). The summed E-state index contributed by atoms with van der Waals surface area (Å²) >= 11 is 0. The van der Waals surface area contributed by atoms with E-state index in [-0.39, 0.29) is 0 Å². The highest BCUT2D eigenvalue weighted by molar-refractivity contribution is 4.86. The van der Waals surface area contributed by atoms with Crippen LogP contribution < -0.4 is 0 Å². The van der Waals surface area contributed by atoms with E-state index in [0.717, 1.165) is 0 Å². The van der Waals surface area contributed by atoms with Gasteiger partial charge < -0.3 is 25.2 Å². The summed E-state index contributed by atoms with van der Waals surface area (Å²) in [7, 11) is 0. The highest BCUT2D eigenvalue weighted by Crippen LogP contribution is 2.18. The third-order valence-electron chi connectivity index (χ3n) is 1.83. The Morgan fingerprint density at radius 1 is 0.909 bits per heavy atom. The lowest BCUT2D eigenvalue weighted by Crippen LogP contribution is -2.56. The van der Waals surface area contributed by atoms with Crippen LogP contribution in [0.4, 0.5) is 0 Å². The van der Waals surface area contributed by atoms with Gasteiger partial charge in [-0.05, 0) is 6.92 Å². The minimum atomic E-state index is -1.43. The Morgan fingerprint density at radius 2 is 1.45 bits per heavy atom. The van der Waals surface area contributed by atoms with E-state index in [4.69, 9.17) is 20.4 Å². The van der Waals surface area contributed by atoms with Gasteiger partial charge in [0.25, 0.3) is 0 Å². The number of rotatable bonds is 0. The molecule has 1 heterocycles. The lowest BCUT2D eigenvalue weighted by molar-refractivity contribution is -0.277. The SMILES string of the molecule is CC1O[C@@H](O)C(O)[C@@H](O)[C@@H]1O. The van der Waals surface area contributed by atoms with Gasteiger partial charge in [0.2, 0.25) is 0 Å². The van der Waals surface area contributed by atoms with Crippen molar-refractivity contribution in [1.29, 1.82) is 0 Å². The van der Waals surface area contributed by atoms with Crippen LogP contribution in [0.25, 0.3) is 0 Å². The Balaban J connectivity index is 2.63. The number of ether oxygens (including phenoxy) is 1. The predicted octanol–water partition coefficient (Wildman–Crippen LogP) is -2.19. The molecule has 0 amide bonds. The van der Waals surface area contributed by atoms with Crippen molar-refractivity contribution in [3.63, 3.8) is 0 Å². The van der Waals surface area contributed by atoms with Crippen LogP contribution in [-0.2, 0) is 4.74 Å². The molecule has 66 valence electrons. The Bertz CT molecular complexity index is 125. The summed E-state index contributed by atoms with van der Waals surface area (Å²) in [6.07, 6.45) is -5.99. The minimum Gasteiger partial charge on any atom is -0.388 e. The van der Waals surface area contributed by atoms with E-state index in [1.807, 2.05) is 0 Å². The van der Waals surface area contributed by atoms with Gasteiger partial charge in [-0.3, -0.25) is 0 Å². The second-order valence-corrected chi connectivity index (χ2v) is 2.70. The number of aliphatic hydroxyl groups excluding tert-OH is 4. The van der Waals surface area contributed by atoms with Crippen LogP contribution in [0.15, 0.2) is 0 Å². The molecule has 1 saturated heterocycles. The molecule has 4 N–H and O–H groups in total. The zero-order valence-electron chi connectivity index (χ0n) is 6.08. The van der Waals surface area contributed by atoms with Gasteiger partial charge in [0.05, 0.1) is 6.10 Å². The van der Waals surface area contributed by atoms with E-state index in [9.17, 15) is 0 Å². The van der Waals surface area contributed by atoms with Crippen molar-refractivity contribution in [2.75, 3.05) is 0 Å². The molecule has 1 aliphatic rings. The van der Waals surface area contributed by atoms with E-state index in [1.54, 1.807) is 0 Å². The van der Waals surface area contributed by atoms with Crippen molar-refractivity contribution in [3.05, 3.63) is 0 Å². The van der Waals surface area contributed by atoms with Crippen molar-refractivity contribution in [1.82, 2.24) is 0 Å². The molecule has 5 atom stereocenters. The summed E-state index contributed by atoms with van der Waals surface area (Å²) in [6, 6.07) is 0. The summed E-state index contributed by atoms with van der Waals surface area (Å²) in [5.74, 6) is 0. The quantitative estimate of drug-likeness (QED) is 0.326. The van der Waals surface area contributed by atoms with E-state index >= 15 is 0 Å². The van der Waals surface area contributed by atoms with Crippen molar-refractivity contribution < 1.29 is 25.2 Å². The topological polar surface area (TPSA) is 90.2 Å². The van der Waals surface area contributed by atoms with Crippen molar-refractivity contribution in [2.45, 2.75) is 37.6 Å². The van der Waals surface area contributed by atoms with Crippen molar-refractivity contribution in [2.24, 2.45) is 0 Å². The molecule has 0 saturated carbocycles. The van der Waals surface area contributed by atoms with Gasteiger partial charge >= 0.3 is 0 Å². The number of aliphatic hydroxyl groups is 4. The molecule has 0 aliphatic carbocycles. The zero-order valence-corrected chi connectivity index (χ0v) is 6.08. The second-order valence-electron chi connectivity index (χ2n) is 2.70. The van der Waals surface area contributed by atoms with Crippen LogP contribution in [0.3, 0.4) is 0 Å². The Kier molecular flexibility index (Phi) is 2.46. The molecule has 0 bridgehead atoms. The Morgan fingerprint density at radius 3 is 2.00 bits per heavy atom. The van der Waals surface area contributed by atoms with Gasteiger partial charge in [-0.2, -0.15) is 0 Å². The summed E-state index contributed by atoms with van der Waals surface area (Å²) in [5, 5.41) is 36.0. The molecule has 1 aliphatic heterocycles. The van der Waals surface area contributed by atoms with Crippen LogP contribution in [0.5, 0.6) is 0 Å². The largest absolute Gasteiger partial charge is 0.388 e. The fourth-order valence-corrected chi connectivity index (χ4v) is 1.03. The van der Waals surface area contributed by atoms with Gasteiger partial charge in [-0.1, -0.05) is 0 Å². The molecule has 2 unspecified atom stereocenters. The van der Waals surface area contributed by atoms with Gasteiger partial charge in [0.1, 0.15) is 18.3 Å². The smallest absolute Gasteiger partial charge is 0.183 e. The normalized spacial score (nSPS) is 52.6. The maximum atomic E-state index is 9.09. The fraction of sp³-hybridized carbons (Fsp3) is 1.00. The van der Waals surface area contributed by atoms with Gasteiger partial charge in [0, 0.05) is 0 Å². The predicted molar refractivity (Wildman–Crippen MR) is 34.6 cm³/mol. The zero-order chi connectivity index (χ0) is 8.59. The molecular formula is C6H12O5. The van der Waals surface area contributed by atoms with E-state index in [0.29, 0.717) is 0 Å². The molecule has 5 nitrogen and oxygen atoms in total. The lowest BCUT2D eigenvalue weighted by atomic mass is 10.0. The summed E-state index contributed by atoms with van der Waals surface area (Å²) in [5.41, 5.74) is 0. The maximum Gasteiger partial charge on any atom is 0.183 e. The van der Waals surface area contributed by atoms with Crippen LogP contribution >= 0.6 is 0 Å². The Labute approximate surface area is 63.8 Å². The van der Waals surface area contributed by atoms with E-state index in [1.165, 1.54) is 6.92 Å². The van der Waals surface area contributed by atoms with Crippen LogP contribution in [0.1, 0.15) is 6.92 Å². The van der Waals surface area contributed by atoms with Crippen LogP contribution in [0, 0.1) is 0 Å². The van der Waals surface area contributed by atoms with Crippen molar-refractivity contribution in [3.8, 4) is 0 Å². The standard InChI is InChI=1S/C6H12O5/c1-2-3(7)4(8)5(9)6(10)11-2/h2-10H,1H3/t2?,3-,4+,5?,6-/m1/s1. The highest BCUT2D eigenvalue weighted by atomic mass is 16.6. The highest BCUT2D eigenvalue weighted by Gasteiger charge is 2.40. The second kappa shape index (κ2) is 3.04. The van der Waals surface area contributed by atoms with E-state index < -0.39 is 30.7 Å². The third-order valence-corrected chi connectivity index (χ3v) is 1.83. The molecule has 1 fully saturated rings. The molecule has 0 aromatic heterocycles.